The Morgan fingerprint density at radius 1 is 1.43 bits per heavy atom. The summed E-state index contributed by atoms with van der Waals surface area (Å²) in [5.74, 6) is 0.0449. The van der Waals surface area contributed by atoms with E-state index in [1.807, 2.05) is 32.9 Å². The van der Waals surface area contributed by atoms with E-state index < -0.39 is 0 Å². The number of nitrogen functional groups attached to an aromatic ring is 1. The SMILES string of the molecule is Cc1ccc(CNc2snc(N)c2C(=O)NC(C)C)cn1. The lowest BCUT2D eigenvalue weighted by molar-refractivity contribution is 0.0945. The summed E-state index contributed by atoms with van der Waals surface area (Å²) in [7, 11) is 0. The molecule has 7 heteroatoms. The van der Waals surface area contributed by atoms with E-state index in [-0.39, 0.29) is 17.8 Å². The lowest BCUT2D eigenvalue weighted by Crippen LogP contribution is -2.30. The fourth-order valence-corrected chi connectivity index (χ4v) is 2.47. The number of anilines is 2. The average Bonchev–Trinajstić information content (AvgIpc) is 2.78. The summed E-state index contributed by atoms with van der Waals surface area (Å²) < 4.78 is 4.05. The number of carbonyl (C=O) groups excluding carboxylic acids is 1. The van der Waals surface area contributed by atoms with Gasteiger partial charge < -0.3 is 16.4 Å². The summed E-state index contributed by atoms with van der Waals surface area (Å²) in [6, 6.07) is 3.99. The van der Waals surface area contributed by atoms with Crippen LogP contribution in [0.4, 0.5) is 10.8 Å². The molecule has 2 aromatic heterocycles. The largest absolute Gasteiger partial charge is 0.382 e. The third kappa shape index (κ3) is 3.91. The van der Waals surface area contributed by atoms with Crippen molar-refractivity contribution in [2.45, 2.75) is 33.4 Å². The van der Waals surface area contributed by atoms with Crippen LogP contribution in [-0.2, 0) is 6.54 Å². The Morgan fingerprint density at radius 3 is 2.81 bits per heavy atom. The molecule has 0 saturated heterocycles. The molecule has 0 radical (unpaired) electrons. The number of pyridine rings is 1. The first-order valence-corrected chi connectivity index (χ1v) is 7.46. The van der Waals surface area contributed by atoms with E-state index in [2.05, 4.69) is 20.0 Å². The van der Waals surface area contributed by atoms with Crippen molar-refractivity contribution in [3.8, 4) is 0 Å². The molecule has 2 heterocycles. The summed E-state index contributed by atoms with van der Waals surface area (Å²) in [6.45, 7) is 6.31. The number of nitrogens with two attached hydrogens (primary N) is 1. The zero-order valence-electron chi connectivity index (χ0n) is 12.3. The second-order valence-corrected chi connectivity index (χ2v) is 5.83. The fraction of sp³-hybridized carbons (Fsp3) is 0.357. The third-order valence-corrected chi connectivity index (χ3v) is 3.61. The number of aryl methyl sites for hydroxylation is 1. The normalized spacial score (nSPS) is 10.7. The molecule has 2 rings (SSSR count). The van der Waals surface area contributed by atoms with Gasteiger partial charge in [-0.15, -0.1) is 0 Å². The van der Waals surface area contributed by atoms with Crippen LogP contribution >= 0.6 is 11.5 Å². The van der Waals surface area contributed by atoms with Gasteiger partial charge in [0.2, 0.25) is 0 Å². The summed E-state index contributed by atoms with van der Waals surface area (Å²) >= 11 is 1.19. The van der Waals surface area contributed by atoms with Crippen LogP contribution in [0.15, 0.2) is 18.3 Å². The standard InChI is InChI=1S/C14H19N5OS/c1-8(2)18-13(20)11-12(15)19-21-14(11)17-7-10-5-4-9(3)16-6-10/h4-6,8,17H,7H2,1-3H3,(H2,15,19)(H,18,20). The maximum absolute atomic E-state index is 12.1. The van der Waals surface area contributed by atoms with Gasteiger partial charge in [-0.2, -0.15) is 4.37 Å². The van der Waals surface area contributed by atoms with Gasteiger partial charge in [-0.05, 0) is 43.9 Å². The first-order valence-electron chi connectivity index (χ1n) is 6.68. The minimum atomic E-state index is -0.208. The lowest BCUT2D eigenvalue weighted by atomic mass is 10.2. The number of aromatic nitrogens is 2. The van der Waals surface area contributed by atoms with Crippen LogP contribution in [0, 0.1) is 6.92 Å². The molecule has 112 valence electrons. The van der Waals surface area contributed by atoms with Gasteiger partial charge >= 0.3 is 0 Å². The van der Waals surface area contributed by atoms with Crippen LogP contribution in [0.1, 0.15) is 35.5 Å². The zero-order valence-corrected chi connectivity index (χ0v) is 13.1. The topological polar surface area (TPSA) is 92.9 Å². The number of amides is 1. The monoisotopic (exact) mass is 305 g/mol. The van der Waals surface area contributed by atoms with Crippen molar-refractivity contribution in [2.24, 2.45) is 0 Å². The fourth-order valence-electron chi connectivity index (χ4n) is 1.76. The highest BCUT2D eigenvalue weighted by Gasteiger charge is 2.19. The molecule has 0 aromatic carbocycles. The Balaban J connectivity index is 2.10. The van der Waals surface area contributed by atoms with Gasteiger partial charge in [-0.25, -0.2) is 0 Å². The highest BCUT2D eigenvalue weighted by atomic mass is 32.1. The molecule has 0 aliphatic carbocycles. The number of hydrogen-bond acceptors (Lipinski definition) is 6. The molecule has 4 N–H and O–H groups in total. The lowest BCUT2D eigenvalue weighted by Gasteiger charge is -2.10. The number of carbonyl (C=O) groups is 1. The van der Waals surface area contributed by atoms with Crippen molar-refractivity contribution in [3.63, 3.8) is 0 Å². The Bertz CT molecular complexity index is 621. The van der Waals surface area contributed by atoms with Crippen molar-refractivity contribution < 1.29 is 4.79 Å². The van der Waals surface area contributed by atoms with Gasteiger partial charge in [0.05, 0.1) is 0 Å². The first kappa shape index (κ1) is 15.2. The minimum absolute atomic E-state index is 0.0472. The maximum Gasteiger partial charge on any atom is 0.258 e. The van der Waals surface area contributed by atoms with E-state index in [1.54, 1.807) is 6.20 Å². The quantitative estimate of drug-likeness (QED) is 0.787. The second-order valence-electron chi connectivity index (χ2n) is 5.06. The molecule has 0 aliphatic rings. The number of nitrogens with one attached hydrogen (secondary N) is 2. The molecule has 21 heavy (non-hydrogen) atoms. The predicted molar refractivity (Wildman–Crippen MR) is 85.4 cm³/mol. The van der Waals surface area contributed by atoms with Gasteiger partial charge in [0.15, 0.2) is 5.82 Å². The van der Waals surface area contributed by atoms with Gasteiger partial charge in [0.1, 0.15) is 10.6 Å². The number of hydrogen-bond donors (Lipinski definition) is 3. The molecule has 0 fully saturated rings. The molecule has 0 aliphatic heterocycles. The van der Waals surface area contributed by atoms with E-state index in [4.69, 9.17) is 5.73 Å². The summed E-state index contributed by atoms with van der Waals surface area (Å²) in [5, 5.41) is 6.70. The van der Waals surface area contributed by atoms with Crippen LogP contribution in [0.25, 0.3) is 0 Å². The van der Waals surface area contributed by atoms with Crippen LogP contribution in [0.3, 0.4) is 0 Å². The molecular weight excluding hydrogens is 286 g/mol. The highest BCUT2D eigenvalue weighted by molar-refractivity contribution is 7.11. The Kier molecular flexibility index (Phi) is 4.74. The first-order chi connectivity index (χ1) is 9.97. The van der Waals surface area contributed by atoms with Crippen LogP contribution in [-0.4, -0.2) is 21.3 Å². The Hall–Kier alpha value is -2.15. The third-order valence-electron chi connectivity index (χ3n) is 2.79. The van der Waals surface area contributed by atoms with Crippen LogP contribution < -0.4 is 16.4 Å². The molecule has 0 atom stereocenters. The molecule has 0 unspecified atom stereocenters. The van der Waals surface area contributed by atoms with E-state index in [1.165, 1.54) is 11.5 Å². The van der Waals surface area contributed by atoms with Crippen molar-refractivity contribution in [1.82, 2.24) is 14.7 Å². The van der Waals surface area contributed by atoms with Crippen molar-refractivity contribution in [3.05, 3.63) is 35.2 Å². The summed E-state index contributed by atoms with van der Waals surface area (Å²) in [4.78, 5) is 16.4. The molecule has 0 bridgehead atoms. The molecule has 0 spiro atoms. The molecule has 1 amide bonds. The smallest absolute Gasteiger partial charge is 0.258 e. The van der Waals surface area contributed by atoms with Gasteiger partial charge in [-0.3, -0.25) is 9.78 Å². The van der Waals surface area contributed by atoms with Gasteiger partial charge in [0.25, 0.3) is 5.91 Å². The van der Waals surface area contributed by atoms with E-state index in [9.17, 15) is 4.79 Å². The number of nitrogens with zero attached hydrogens (tertiary/aromatic N) is 2. The van der Waals surface area contributed by atoms with E-state index >= 15 is 0 Å². The highest BCUT2D eigenvalue weighted by Crippen LogP contribution is 2.27. The van der Waals surface area contributed by atoms with Crippen molar-refractivity contribution in [2.75, 3.05) is 11.1 Å². The van der Waals surface area contributed by atoms with Crippen molar-refractivity contribution in [1.29, 1.82) is 0 Å². The van der Waals surface area contributed by atoms with Crippen molar-refractivity contribution >= 4 is 28.3 Å². The maximum atomic E-state index is 12.1. The second kappa shape index (κ2) is 6.53. The Morgan fingerprint density at radius 2 is 2.19 bits per heavy atom. The summed E-state index contributed by atoms with van der Waals surface area (Å²) in [5.41, 5.74) is 8.20. The summed E-state index contributed by atoms with van der Waals surface area (Å²) in [6.07, 6.45) is 1.81. The Labute approximate surface area is 128 Å². The number of rotatable bonds is 5. The molecule has 6 nitrogen and oxygen atoms in total. The van der Waals surface area contributed by atoms with E-state index in [0.29, 0.717) is 17.1 Å². The molecular formula is C14H19N5OS. The van der Waals surface area contributed by atoms with Crippen LogP contribution in [0.5, 0.6) is 0 Å². The molecule has 2 aromatic rings. The van der Waals surface area contributed by atoms with E-state index in [0.717, 1.165) is 11.3 Å². The van der Waals surface area contributed by atoms with Gasteiger partial charge in [0, 0.05) is 24.5 Å². The van der Waals surface area contributed by atoms with Crippen LogP contribution in [0.2, 0.25) is 0 Å². The predicted octanol–water partition coefficient (Wildman–Crippen LogP) is 2.18. The van der Waals surface area contributed by atoms with Gasteiger partial charge in [-0.1, -0.05) is 6.07 Å². The minimum Gasteiger partial charge on any atom is -0.382 e. The average molecular weight is 305 g/mol. The zero-order chi connectivity index (χ0) is 15.4. The molecule has 0 saturated carbocycles.